The fourth-order valence-electron chi connectivity index (χ4n) is 23.0. The van der Waals surface area contributed by atoms with Gasteiger partial charge in [-0.1, -0.05) is 182 Å². The highest BCUT2D eigenvalue weighted by molar-refractivity contribution is 6.32. The van der Waals surface area contributed by atoms with Crippen LogP contribution in [0, 0.1) is 23.7 Å². The normalized spacial score (nSPS) is 24.7. The zero-order valence-corrected chi connectivity index (χ0v) is 48.6. The van der Waals surface area contributed by atoms with Crippen LogP contribution in [-0.4, -0.2) is 14.4 Å². The van der Waals surface area contributed by atoms with Crippen molar-refractivity contribution in [2.75, 3.05) is 0 Å². The maximum atomic E-state index is 5.85. The SMILES string of the molecule is c1ccc2c(c1)-c1ccccc1C21c2ccccc2-c2c(-c3cc(-c4cccc5c4-c4ccccc4C54c5ccccc5-c5ccccc54)c4c5c6c(ncc5n5c7cnc8c(c7c3c45)C3CC4CC(CC8C4)C3)C3CC4CC(C3)CC6C4)cccc21. The third-order valence-corrected chi connectivity index (χ3v) is 25.2. The van der Waals surface area contributed by atoms with Crippen molar-refractivity contribution in [2.45, 2.75) is 98.7 Å². The Morgan fingerprint density at radius 1 is 0.287 bits per heavy atom. The molecule has 4 fully saturated rings. The minimum absolute atomic E-state index is 0.470. The predicted octanol–water partition coefficient (Wildman–Crippen LogP) is 20.4. The Hall–Kier alpha value is -8.92. The molecule has 13 aromatic rings. The summed E-state index contributed by atoms with van der Waals surface area (Å²) in [5.74, 6) is 5.13. The standard InChI is InChI=1S/C84H61N3/c1-7-23-62-52(15-1)53-16-2-8-24-63(53)83(62)66-27-11-5-19-58(66)74-56(21-13-29-68(74)83)60-41-61(57-22-14-30-69-75(57)59-20-6-12-28-67(59)84(69)64-25-9-3-17-54(64)55-18-4-10-26-65(55)84)77-79-71(43-86-81-51-39-46-32-47(40-51)36-49(35-46)73(79)81)87-70-42-85-80-50-37-44-31-45(38-50)34-48(33-44)72(80)78(70)76(60)82(77)87/h1-30,41-51H,31-40H2. The van der Waals surface area contributed by atoms with Crippen LogP contribution in [0.25, 0.3) is 105 Å². The van der Waals surface area contributed by atoms with Crippen molar-refractivity contribution in [2.24, 2.45) is 23.7 Å². The van der Waals surface area contributed by atoms with Crippen LogP contribution in [0.2, 0.25) is 0 Å². The molecule has 0 N–H and O–H groups in total. The highest BCUT2D eigenvalue weighted by atomic mass is 15.0. The summed E-state index contributed by atoms with van der Waals surface area (Å²) in [6.07, 6.45) is 17.8. The Labute approximate surface area is 506 Å². The average Bonchev–Trinajstić information content (AvgIpc) is 1.57. The van der Waals surface area contributed by atoms with Crippen LogP contribution in [0.3, 0.4) is 0 Å². The molecule has 4 aromatic heterocycles. The van der Waals surface area contributed by atoms with Gasteiger partial charge in [0.15, 0.2) is 0 Å². The molecule has 0 amide bonds. The fraction of sp³-hybridized carbons (Fsp3) is 0.238. The first-order chi connectivity index (χ1) is 43.1. The first-order valence-corrected chi connectivity index (χ1v) is 33.1. The molecule has 4 heterocycles. The van der Waals surface area contributed by atoms with E-state index in [0.717, 1.165) is 23.7 Å². The van der Waals surface area contributed by atoms with E-state index in [2.05, 4.69) is 205 Å². The van der Waals surface area contributed by atoms with E-state index in [1.807, 2.05) is 0 Å². The molecule has 0 radical (unpaired) electrons. The molecule has 12 aliphatic carbocycles. The summed E-state index contributed by atoms with van der Waals surface area (Å²) in [6, 6.07) is 74.2. The summed E-state index contributed by atoms with van der Waals surface area (Å²) in [4.78, 5) is 11.7. The lowest BCUT2D eigenvalue weighted by atomic mass is 9.67. The molecule has 25 rings (SSSR count). The molecule has 8 bridgehead atoms. The van der Waals surface area contributed by atoms with Crippen LogP contribution >= 0.6 is 0 Å². The molecular weight excluding hydrogens is 1050 g/mol. The Bertz CT molecular complexity index is 4900. The Morgan fingerprint density at radius 2 is 0.598 bits per heavy atom. The molecule has 12 aliphatic rings. The number of hydrogen-bond acceptors (Lipinski definition) is 2. The molecule has 4 atom stereocenters. The number of aromatic nitrogens is 3. The second-order valence-corrected chi connectivity index (χ2v) is 28.9. The predicted molar refractivity (Wildman–Crippen MR) is 351 cm³/mol. The van der Waals surface area contributed by atoms with E-state index in [4.69, 9.17) is 9.97 Å². The summed E-state index contributed by atoms with van der Waals surface area (Å²) in [5.41, 5.74) is 36.4. The Kier molecular flexibility index (Phi) is 8.41. The summed E-state index contributed by atoms with van der Waals surface area (Å²) in [5, 5.41) is 5.84. The van der Waals surface area contributed by atoms with Gasteiger partial charge in [0.05, 0.1) is 39.8 Å². The zero-order valence-electron chi connectivity index (χ0n) is 48.6. The van der Waals surface area contributed by atoms with Crippen molar-refractivity contribution in [1.29, 1.82) is 0 Å². The van der Waals surface area contributed by atoms with Gasteiger partial charge in [0.1, 0.15) is 0 Å². The maximum Gasteiger partial charge on any atom is 0.0728 e. The minimum atomic E-state index is -0.470. The van der Waals surface area contributed by atoms with Crippen LogP contribution < -0.4 is 0 Å². The molecule has 2 spiro atoms. The summed E-state index contributed by atoms with van der Waals surface area (Å²) < 4.78 is 2.78. The van der Waals surface area contributed by atoms with Gasteiger partial charge in [0.2, 0.25) is 0 Å². The first kappa shape index (κ1) is 46.3. The highest BCUT2D eigenvalue weighted by Crippen LogP contribution is 2.69. The number of benzene rings is 9. The number of nitrogens with zero attached hydrogens (tertiary/aromatic N) is 3. The fourth-order valence-corrected chi connectivity index (χ4v) is 23.0. The number of fused-ring (bicyclic) bond motifs is 26. The van der Waals surface area contributed by atoms with Crippen molar-refractivity contribution in [1.82, 2.24) is 14.4 Å². The number of hydrogen-bond donors (Lipinski definition) is 0. The Morgan fingerprint density at radius 3 is 0.977 bits per heavy atom. The minimum Gasteiger partial charge on any atom is -0.305 e. The van der Waals surface area contributed by atoms with Crippen LogP contribution in [0.5, 0.6) is 0 Å². The molecular formula is C84H61N3. The van der Waals surface area contributed by atoms with Gasteiger partial charge in [-0.25, -0.2) is 0 Å². The molecule has 3 heteroatoms. The van der Waals surface area contributed by atoms with E-state index in [1.165, 1.54) is 225 Å². The van der Waals surface area contributed by atoms with Crippen molar-refractivity contribution < 1.29 is 0 Å². The van der Waals surface area contributed by atoms with Gasteiger partial charge in [-0.05, 0) is 228 Å². The van der Waals surface area contributed by atoms with Gasteiger partial charge >= 0.3 is 0 Å². The molecule has 0 aliphatic heterocycles. The van der Waals surface area contributed by atoms with Gasteiger partial charge in [0.25, 0.3) is 0 Å². The van der Waals surface area contributed by atoms with Crippen LogP contribution in [0.4, 0.5) is 0 Å². The molecule has 0 saturated heterocycles. The average molecular weight is 1110 g/mol. The van der Waals surface area contributed by atoms with E-state index in [1.54, 1.807) is 11.1 Å². The molecule has 9 aromatic carbocycles. The topological polar surface area (TPSA) is 30.2 Å². The third kappa shape index (κ3) is 5.27. The quantitative estimate of drug-likeness (QED) is 0.173. The smallest absolute Gasteiger partial charge is 0.0728 e. The number of rotatable bonds is 2. The van der Waals surface area contributed by atoms with Crippen molar-refractivity contribution in [3.63, 3.8) is 0 Å². The molecule has 3 nitrogen and oxygen atoms in total. The van der Waals surface area contributed by atoms with Gasteiger partial charge in [-0.15, -0.1) is 0 Å². The third-order valence-electron chi connectivity index (χ3n) is 25.2. The van der Waals surface area contributed by atoms with Gasteiger partial charge < -0.3 is 4.40 Å². The lowest BCUT2D eigenvalue weighted by Crippen LogP contribution is -2.25. The van der Waals surface area contributed by atoms with Gasteiger partial charge in [-0.2, -0.15) is 0 Å². The van der Waals surface area contributed by atoms with Crippen molar-refractivity contribution in [3.8, 4) is 66.8 Å². The highest BCUT2D eigenvalue weighted by Gasteiger charge is 2.55. The van der Waals surface area contributed by atoms with E-state index in [9.17, 15) is 0 Å². The monoisotopic (exact) mass is 1110 g/mol. The van der Waals surface area contributed by atoms with Crippen molar-refractivity contribution >= 4 is 38.1 Å². The number of pyridine rings is 2. The van der Waals surface area contributed by atoms with Crippen LogP contribution in [0.15, 0.2) is 200 Å². The Balaban J connectivity index is 0.923. The summed E-state index contributed by atoms with van der Waals surface area (Å²) in [6.45, 7) is 0. The second kappa shape index (κ2) is 15.8. The maximum absolute atomic E-state index is 5.85. The van der Waals surface area contributed by atoms with E-state index < -0.39 is 10.8 Å². The largest absolute Gasteiger partial charge is 0.305 e. The first-order valence-electron chi connectivity index (χ1n) is 33.1. The zero-order chi connectivity index (χ0) is 55.9. The summed E-state index contributed by atoms with van der Waals surface area (Å²) >= 11 is 0. The lowest BCUT2D eigenvalue weighted by Gasteiger charge is -2.38. The van der Waals surface area contributed by atoms with Crippen LogP contribution in [0.1, 0.15) is 155 Å². The second-order valence-electron chi connectivity index (χ2n) is 28.9. The van der Waals surface area contributed by atoms with E-state index >= 15 is 0 Å². The molecule has 4 unspecified atom stereocenters. The van der Waals surface area contributed by atoms with Crippen molar-refractivity contribution in [3.05, 3.63) is 267 Å². The molecule has 412 valence electrons. The van der Waals surface area contributed by atoms with E-state index in [0.29, 0.717) is 23.7 Å². The van der Waals surface area contributed by atoms with E-state index in [-0.39, 0.29) is 0 Å². The van der Waals surface area contributed by atoms with Gasteiger partial charge in [-0.3, -0.25) is 9.97 Å². The molecule has 4 saturated carbocycles. The molecule has 87 heavy (non-hydrogen) atoms. The summed E-state index contributed by atoms with van der Waals surface area (Å²) in [7, 11) is 0. The van der Waals surface area contributed by atoms with Gasteiger partial charge in [0, 0.05) is 44.8 Å². The van der Waals surface area contributed by atoms with Crippen LogP contribution in [-0.2, 0) is 10.8 Å². The lowest BCUT2D eigenvalue weighted by molar-refractivity contribution is 0.165.